The largest absolute Gasteiger partial charge is 0.338 e. The number of nitrogens with zero attached hydrogens (tertiary/aromatic N) is 1. The van der Waals surface area contributed by atoms with Gasteiger partial charge in [-0.1, -0.05) is 41.4 Å². The molecule has 1 aliphatic rings. The second-order valence-electron chi connectivity index (χ2n) is 6.30. The van der Waals surface area contributed by atoms with Gasteiger partial charge in [0, 0.05) is 29.4 Å². The molecule has 0 aliphatic carbocycles. The lowest BCUT2D eigenvalue weighted by Gasteiger charge is -2.28. The molecule has 0 atom stereocenters. The topological polar surface area (TPSA) is 66.5 Å². The SMILES string of the molecule is C=C1CCN(C(=O)c2cccc(NS(=O)(=O)c3cc(Cl)ccc3Cl)c2)CC1. The number of benzene rings is 2. The van der Waals surface area contributed by atoms with E-state index in [9.17, 15) is 13.2 Å². The Hall–Kier alpha value is -2.02. The van der Waals surface area contributed by atoms with Crippen molar-refractivity contribution in [1.82, 2.24) is 4.90 Å². The molecule has 0 spiro atoms. The molecule has 0 bridgehead atoms. The third-order valence-electron chi connectivity index (χ3n) is 4.30. The Kier molecular flexibility index (Phi) is 5.79. The molecular formula is C19H18Cl2N2O3S. The fraction of sp³-hybridized carbons (Fsp3) is 0.211. The minimum absolute atomic E-state index is 0.0627. The van der Waals surface area contributed by atoms with Crippen LogP contribution >= 0.6 is 23.2 Å². The van der Waals surface area contributed by atoms with Crippen LogP contribution in [-0.2, 0) is 10.0 Å². The van der Waals surface area contributed by atoms with E-state index >= 15 is 0 Å². The third-order valence-corrected chi connectivity index (χ3v) is 6.40. The molecule has 0 radical (unpaired) electrons. The summed E-state index contributed by atoms with van der Waals surface area (Å²) in [5.74, 6) is -0.135. The number of nitrogens with one attached hydrogen (secondary N) is 1. The molecule has 8 heteroatoms. The van der Waals surface area contributed by atoms with Gasteiger partial charge >= 0.3 is 0 Å². The van der Waals surface area contributed by atoms with Crippen molar-refractivity contribution in [3.05, 3.63) is 70.2 Å². The van der Waals surface area contributed by atoms with Crippen LogP contribution < -0.4 is 4.72 Å². The highest BCUT2D eigenvalue weighted by Crippen LogP contribution is 2.27. The lowest BCUT2D eigenvalue weighted by atomic mass is 10.0. The molecule has 1 fully saturated rings. The molecule has 142 valence electrons. The molecule has 1 heterocycles. The maximum absolute atomic E-state index is 12.7. The van der Waals surface area contributed by atoms with Crippen molar-refractivity contribution >= 4 is 44.8 Å². The summed E-state index contributed by atoms with van der Waals surface area (Å²) in [5, 5.41) is 0.322. The van der Waals surface area contributed by atoms with Crippen molar-refractivity contribution in [2.24, 2.45) is 0 Å². The highest BCUT2D eigenvalue weighted by atomic mass is 35.5. The minimum atomic E-state index is -3.94. The first kappa shape index (κ1) is 19.7. The van der Waals surface area contributed by atoms with Crippen LogP contribution in [0.4, 0.5) is 5.69 Å². The summed E-state index contributed by atoms with van der Waals surface area (Å²) in [6.07, 6.45) is 1.57. The van der Waals surface area contributed by atoms with Gasteiger partial charge in [-0.25, -0.2) is 8.42 Å². The Labute approximate surface area is 168 Å². The summed E-state index contributed by atoms with van der Waals surface area (Å²) >= 11 is 11.9. The van der Waals surface area contributed by atoms with Crippen LogP contribution in [0.15, 0.2) is 59.5 Å². The molecule has 1 N–H and O–H groups in total. The highest BCUT2D eigenvalue weighted by Gasteiger charge is 2.22. The summed E-state index contributed by atoms with van der Waals surface area (Å²) in [7, 11) is -3.94. The maximum Gasteiger partial charge on any atom is 0.263 e. The van der Waals surface area contributed by atoms with Gasteiger partial charge in [-0.2, -0.15) is 0 Å². The number of carbonyl (C=O) groups excluding carboxylic acids is 1. The number of carbonyl (C=O) groups is 1. The molecule has 27 heavy (non-hydrogen) atoms. The second-order valence-corrected chi connectivity index (χ2v) is 8.80. The van der Waals surface area contributed by atoms with Crippen molar-refractivity contribution in [1.29, 1.82) is 0 Å². The first-order chi connectivity index (χ1) is 12.8. The van der Waals surface area contributed by atoms with E-state index < -0.39 is 10.0 Å². The van der Waals surface area contributed by atoms with E-state index in [-0.39, 0.29) is 26.5 Å². The average Bonchev–Trinajstić information content (AvgIpc) is 2.63. The van der Waals surface area contributed by atoms with E-state index in [1.807, 2.05) is 0 Å². The second kappa shape index (κ2) is 7.92. The number of likely N-dealkylation sites (tertiary alicyclic amines) is 1. The third kappa shape index (κ3) is 4.64. The molecule has 0 unspecified atom stereocenters. The first-order valence-electron chi connectivity index (χ1n) is 8.30. The summed E-state index contributed by atoms with van der Waals surface area (Å²) in [6.45, 7) is 5.18. The van der Waals surface area contributed by atoms with Gasteiger partial charge in [-0.3, -0.25) is 9.52 Å². The Morgan fingerprint density at radius 1 is 1.07 bits per heavy atom. The zero-order valence-electron chi connectivity index (χ0n) is 14.4. The van der Waals surface area contributed by atoms with Gasteiger partial charge in [0.2, 0.25) is 0 Å². The summed E-state index contributed by atoms with van der Waals surface area (Å²) in [6, 6.07) is 10.6. The Morgan fingerprint density at radius 2 is 1.78 bits per heavy atom. The fourth-order valence-electron chi connectivity index (χ4n) is 2.82. The van der Waals surface area contributed by atoms with Crippen LogP contribution in [0.25, 0.3) is 0 Å². The van der Waals surface area contributed by atoms with Crippen LogP contribution in [0.3, 0.4) is 0 Å². The minimum Gasteiger partial charge on any atom is -0.338 e. The van der Waals surface area contributed by atoms with Gasteiger partial charge in [-0.05, 0) is 49.2 Å². The summed E-state index contributed by atoms with van der Waals surface area (Å²) in [5.41, 5.74) is 1.83. The van der Waals surface area contributed by atoms with E-state index in [0.29, 0.717) is 18.7 Å². The molecule has 2 aromatic rings. The zero-order valence-corrected chi connectivity index (χ0v) is 16.7. The van der Waals surface area contributed by atoms with E-state index in [2.05, 4.69) is 11.3 Å². The average molecular weight is 425 g/mol. The molecule has 1 amide bonds. The van der Waals surface area contributed by atoms with E-state index in [0.717, 1.165) is 18.4 Å². The summed E-state index contributed by atoms with van der Waals surface area (Å²) in [4.78, 5) is 14.3. The molecule has 2 aromatic carbocycles. The van der Waals surface area contributed by atoms with Crippen molar-refractivity contribution in [2.45, 2.75) is 17.7 Å². The van der Waals surface area contributed by atoms with Gasteiger partial charge in [0.25, 0.3) is 15.9 Å². The van der Waals surface area contributed by atoms with Crippen molar-refractivity contribution in [2.75, 3.05) is 17.8 Å². The maximum atomic E-state index is 12.7. The predicted octanol–water partition coefficient (Wildman–Crippen LogP) is 4.59. The molecule has 1 aliphatic heterocycles. The van der Waals surface area contributed by atoms with E-state index in [1.165, 1.54) is 24.3 Å². The predicted molar refractivity (Wildman–Crippen MR) is 108 cm³/mol. The smallest absolute Gasteiger partial charge is 0.263 e. The number of hydrogen-bond acceptors (Lipinski definition) is 3. The van der Waals surface area contributed by atoms with Gasteiger partial charge < -0.3 is 4.90 Å². The van der Waals surface area contributed by atoms with Crippen molar-refractivity contribution < 1.29 is 13.2 Å². The van der Waals surface area contributed by atoms with Gasteiger partial charge in [-0.15, -0.1) is 0 Å². The van der Waals surface area contributed by atoms with Crippen LogP contribution in [0.2, 0.25) is 10.0 Å². The number of hydrogen-bond donors (Lipinski definition) is 1. The Bertz CT molecular complexity index is 996. The summed E-state index contributed by atoms with van der Waals surface area (Å²) < 4.78 is 27.7. The van der Waals surface area contributed by atoms with Gasteiger partial charge in [0.1, 0.15) is 4.90 Å². The quantitative estimate of drug-likeness (QED) is 0.729. The Morgan fingerprint density at radius 3 is 2.48 bits per heavy atom. The number of sulfonamides is 1. The normalized spacial score (nSPS) is 14.9. The van der Waals surface area contributed by atoms with Gasteiger partial charge in [0.05, 0.1) is 5.02 Å². The molecule has 0 saturated carbocycles. The molecule has 3 rings (SSSR count). The van der Waals surface area contributed by atoms with Crippen LogP contribution in [-0.4, -0.2) is 32.3 Å². The number of rotatable bonds is 4. The van der Waals surface area contributed by atoms with Crippen LogP contribution in [0.1, 0.15) is 23.2 Å². The zero-order chi connectivity index (χ0) is 19.6. The lowest BCUT2D eigenvalue weighted by Crippen LogP contribution is -2.36. The van der Waals surface area contributed by atoms with Crippen molar-refractivity contribution in [3.8, 4) is 0 Å². The first-order valence-corrected chi connectivity index (χ1v) is 10.5. The number of piperidine rings is 1. The van der Waals surface area contributed by atoms with Crippen LogP contribution in [0.5, 0.6) is 0 Å². The van der Waals surface area contributed by atoms with Crippen molar-refractivity contribution in [3.63, 3.8) is 0 Å². The Balaban J connectivity index is 1.82. The number of amides is 1. The molecule has 0 aromatic heterocycles. The van der Waals surface area contributed by atoms with Gasteiger partial charge in [0.15, 0.2) is 0 Å². The lowest BCUT2D eigenvalue weighted by molar-refractivity contribution is 0.0744. The number of halogens is 2. The molecule has 5 nitrogen and oxygen atoms in total. The monoisotopic (exact) mass is 424 g/mol. The standard InChI is InChI=1S/C19H18Cl2N2O3S/c1-13-7-9-23(10-8-13)19(24)14-3-2-4-16(11-14)22-27(25,26)18-12-15(20)5-6-17(18)21/h2-6,11-12,22H,1,7-10H2. The van der Waals surface area contributed by atoms with Crippen LogP contribution in [0, 0.1) is 0 Å². The van der Waals surface area contributed by atoms with E-state index in [4.69, 9.17) is 23.2 Å². The molecule has 1 saturated heterocycles. The molecular weight excluding hydrogens is 407 g/mol. The fourth-order valence-corrected chi connectivity index (χ4v) is 4.63. The van der Waals surface area contributed by atoms with E-state index in [1.54, 1.807) is 23.1 Å². The number of anilines is 1. The highest BCUT2D eigenvalue weighted by molar-refractivity contribution is 7.92.